The Morgan fingerprint density at radius 1 is 1.27 bits per heavy atom. The molecule has 6 heteroatoms. The molecule has 22 heavy (non-hydrogen) atoms. The highest BCUT2D eigenvalue weighted by atomic mass is 16.2. The predicted molar refractivity (Wildman–Crippen MR) is 86.7 cm³/mol. The number of hydrogen-bond acceptors (Lipinski definition) is 3. The Morgan fingerprint density at radius 2 is 2.18 bits per heavy atom. The molecular weight excluding hydrogens is 278 g/mol. The van der Waals surface area contributed by atoms with Crippen molar-refractivity contribution in [3.63, 3.8) is 0 Å². The summed E-state index contributed by atoms with van der Waals surface area (Å²) in [5.41, 5.74) is 2.74. The van der Waals surface area contributed by atoms with Gasteiger partial charge >= 0.3 is 6.03 Å². The molecule has 0 saturated carbocycles. The molecule has 0 unspecified atom stereocenters. The highest BCUT2D eigenvalue weighted by Gasteiger charge is 2.17. The Morgan fingerprint density at radius 3 is 3.00 bits per heavy atom. The highest BCUT2D eigenvalue weighted by molar-refractivity contribution is 5.90. The molecule has 1 aromatic carbocycles. The Hall–Kier alpha value is -2.34. The molecule has 0 atom stereocenters. The van der Waals surface area contributed by atoms with Crippen molar-refractivity contribution in [1.82, 2.24) is 19.8 Å². The molecule has 2 aromatic rings. The molecule has 0 aliphatic carbocycles. The summed E-state index contributed by atoms with van der Waals surface area (Å²) < 4.78 is 0. The summed E-state index contributed by atoms with van der Waals surface area (Å²) in [5, 5.41) is 2.99. The largest absolute Gasteiger partial charge is 0.345 e. The van der Waals surface area contributed by atoms with Crippen molar-refractivity contribution < 1.29 is 4.79 Å². The first kappa shape index (κ1) is 14.6. The van der Waals surface area contributed by atoms with Gasteiger partial charge in [0.25, 0.3) is 0 Å². The van der Waals surface area contributed by atoms with Crippen LogP contribution in [0.5, 0.6) is 0 Å². The van der Waals surface area contributed by atoms with Crippen molar-refractivity contribution in [3.05, 3.63) is 36.8 Å². The zero-order valence-corrected chi connectivity index (χ0v) is 12.7. The van der Waals surface area contributed by atoms with Gasteiger partial charge in [-0.15, -0.1) is 0 Å². The number of imidazole rings is 1. The van der Waals surface area contributed by atoms with Gasteiger partial charge in [-0.2, -0.15) is 0 Å². The Bertz CT molecular complexity index is 625. The van der Waals surface area contributed by atoms with E-state index in [1.54, 1.807) is 12.5 Å². The number of rotatable bonds is 2. The van der Waals surface area contributed by atoms with Crippen molar-refractivity contribution in [3.8, 4) is 11.3 Å². The number of carbonyl (C=O) groups excluding carboxylic acids is 1. The maximum atomic E-state index is 12.4. The van der Waals surface area contributed by atoms with E-state index in [0.29, 0.717) is 0 Å². The second-order valence-electron chi connectivity index (χ2n) is 5.62. The van der Waals surface area contributed by atoms with Crippen LogP contribution in [0.3, 0.4) is 0 Å². The van der Waals surface area contributed by atoms with Gasteiger partial charge in [0.05, 0.1) is 18.2 Å². The number of aromatic amines is 1. The fourth-order valence-electron chi connectivity index (χ4n) is 2.63. The summed E-state index contributed by atoms with van der Waals surface area (Å²) >= 11 is 0. The zero-order chi connectivity index (χ0) is 15.4. The summed E-state index contributed by atoms with van der Waals surface area (Å²) in [6.07, 6.45) is 4.43. The maximum absolute atomic E-state index is 12.4. The summed E-state index contributed by atoms with van der Waals surface area (Å²) in [4.78, 5) is 23.6. The molecule has 1 fully saturated rings. The number of nitrogens with one attached hydrogen (secondary N) is 2. The van der Waals surface area contributed by atoms with Gasteiger partial charge in [0.1, 0.15) is 0 Å². The molecule has 1 aliphatic rings. The second-order valence-corrected chi connectivity index (χ2v) is 5.62. The number of nitrogens with zero attached hydrogens (tertiary/aromatic N) is 3. The lowest BCUT2D eigenvalue weighted by Gasteiger charge is -2.21. The fourth-order valence-corrected chi connectivity index (χ4v) is 2.63. The third-order valence-corrected chi connectivity index (χ3v) is 3.93. The smallest absolute Gasteiger partial charge is 0.321 e. The monoisotopic (exact) mass is 299 g/mol. The standard InChI is InChI=1S/C16H21N5O/c1-20-6-3-7-21(9-8-20)16(22)19-14-5-2-4-13(10-14)15-11-17-12-18-15/h2,4-5,10-12H,3,6-9H2,1H3,(H,17,18)(H,19,22). The van der Waals surface area contributed by atoms with Crippen LogP contribution in [-0.4, -0.2) is 59.0 Å². The quantitative estimate of drug-likeness (QED) is 0.894. The number of aromatic nitrogens is 2. The average Bonchev–Trinajstić information content (AvgIpc) is 2.97. The molecule has 2 heterocycles. The van der Waals surface area contributed by atoms with Crippen molar-refractivity contribution in [2.45, 2.75) is 6.42 Å². The van der Waals surface area contributed by atoms with Crippen molar-refractivity contribution >= 4 is 11.7 Å². The van der Waals surface area contributed by atoms with Crippen LogP contribution in [0.25, 0.3) is 11.3 Å². The number of urea groups is 1. The topological polar surface area (TPSA) is 64.3 Å². The van der Waals surface area contributed by atoms with Crippen LogP contribution in [-0.2, 0) is 0 Å². The van der Waals surface area contributed by atoms with Crippen molar-refractivity contribution in [1.29, 1.82) is 0 Å². The zero-order valence-electron chi connectivity index (χ0n) is 12.7. The third kappa shape index (κ3) is 3.46. The third-order valence-electron chi connectivity index (χ3n) is 3.93. The number of likely N-dealkylation sites (N-methyl/N-ethyl adjacent to an activating group) is 1. The molecule has 6 nitrogen and oxygen atoms in total. The minimum atomic E-state index is -0.0305. The fraction of sp³-hybridized carbons (Fsp3) is 0.375. The first-order valence-corrected chi connectivity index (χ1v) is 7.55. The summed E-state index contributed by atoms with van der Waals surface area (Å²) in [7, 11) is 2.09. The molecule has 3 rings (SSSR count). The highest BCUT2D eigenvalue weighted by Crippen LogP contribution is 2.20. The second kappa shape index (κ2) is 6.62. The van der Waals surface area contributed by atoms with Crippen LogP contribution < -0.4 is 5.32 Å². The minimum Gasteiger partial charge on any atom is -0.345 e. The number of anilines is 1. The molecule has 2 N–H and O–H groups in total. The lowest BCUT2D eigenvalue weighted by Crippen LogP contribution is -2.37. The maximum Gasteiger partial charge on any atom is 0.321 e. The number of hydrogen-bond donors (Lipinski definition) is 2. The lowest BCUT2D eigenvalue weighted by atomic mass is 10.1. The summed E-state index contributed by atoms with van der Waals surface area (Å²) in [6.45, 7) is 3.53. The van der Waals surface area contributed by atoms with Gasteiger partial charge in [-0.05, 0) is 32.1 Å². The van der Waals surface area contributed by atoms with Crippen molar-refractivity contribution in [2.75, 3.05) is 38.5 Å². The van der Waals surface area contributed by atoms with Gasteiger partial charge in [0.2, 0.25) is 0 Å². The molecule has 1 aromatic heterocycles. The summed E-state index contributed by atoms with van der Waals surface area (Å²) in [5.74, 6) is 0. The van der Waals surface area contributed by atoms with E-state index in [1.165, 1.54) is 0 Å². The van der Waals surface area contributed by atoms with E-state index in [0.717, 1.165) is 49.5 Å². The van der Waals surface area contributed by atoms with Gasteiger partial charge in [0, 0.05) is 30.9 Å². The predicted octanol–water partition coefficient (Wildman–Crippen LogP) is 2.25. The van der Waals surface area contributed by atoms with Crippen LogP contribution in [0, 0.1) is 0 Å². The van der Waals surface area contributed by atoms with Gasteiger partial charge in [-0.25, -0.2) is 9.78 Å². The molecule has 1 aliphatic heterocycles. The van der Waals surface area contributed by atoms with Crippen molar-refractivity contribution in [2.24, 2.45) is 0 Å². The van der Waals surface area contributed by atoms with Crippen LogP contribution in [0.4, 0.5) is 10.5 Å². The normalized spacial score (nSPS) is 16.3. The van der Waals surface area contributed by atoms with E-state index in [-0.39, 0.29) is 6.03 Å². The molecule has 0 bridgehead atoms. The first-order chi connectivity index (χ1) is 10.7. The number of benzene rings is 1. The van der Waals surface area contributed by atoms with Crippen LogP contribution in [0.1, 0.15) is 6.42 Å². The Kier molecular flexibility index (Phi) is 4.39. The van der Waals surface area contributed by atoms with E-state index in [2.05, 4.69) is 27.2 Å². The van der Waals surface area contributed by atoms with Gasteiger partial charge in [-0.1, -0.05) is 12.1 Å². The molecule has 1 saturated heterocycles. The van der Waals surface area contributed by atoms with Gasteiger partial charge < -0.3 is 20.1 Å². The number of amides is 2. The van der Waals surface area contributed by atoms with E-state index < -0.39 is 0 Å². The van der Waals surface area contributed by atoms with Crippen LogP contribution in [0.2, 0.25) is 0 Å². The number of carbonyl (C=O) groups is 1. The average molecular weight is 299 g/mol. The lowest BCUT2D eigenvalue weighted by molar-refractivity contribution is 0.213. The molecular formula is C16H21N5O. The van der Waals surface area contributed by atoms with Gasteiger partial charge in [0.15, 0.2) is 0 Å². The first-order valence-electron chi connectivity index (χ1n) is 7.55. The Balaban J connectivity index is 1.67. The van der Waals surface area contributed by atoms with E-state index in [1.807, 2.05) is 29.2 Å². The molecule has 0 spiro atoms. The Labute approximate surface area is 130 Å². The minimum absolute atomic E-state index is 0.0305. The SMILES string of the molecule is CN1CCCN(C(=O)Nc2cccc(-c3cnc[nH]3)c2)CC1. The molecule has 0 radical (unpaired) electrons. The van der Waals surface area contributed by atoms with Crippen LogP contribution >= 0.6 is 0 Å². The number of H-pyrrole nitrogens is 1. The van der Waals surface area contributed by atoms with Crippen LogP contribution in [0.15, 0.2) is 36.8 Å². The van der Waals surface area contributed by atoms with E-state index in [9.17, 15) is 4.79 Å². The van der Waals surface area contributed by atoms with Gasteiger partial charge in [-0.3, -0.25) is 0 Å². The van der Waals surface area contributed by atoms with E-state index in [4.69, 9.17) is 0 Å². The molecule has 2 amide bonds. The molecule has 116 valence electrons. The van der Waals surface area contributed by atoms with E-state index >= 15 is 0 Å². The summed E-state index contributed by atoms with van der Waals surface area (Å²) in [6, 6.07) is 7.75.